The van der Waals surface area contributed by atoms with Crippen molar-refractivity contribution in [3.63, 3.8) is 0 Å². The van der Waals surface area contributed by atoms with Crippen LogP contribution in [0.25, 0.3) is 0 Å². The third kappa shape index (κ3) is 4.45. The third-order valence-electron chi connectivity index (χ3n) is 3.39. The minimum absolute atomic E-state index is 0.0302. The van der Waals surface area contributed by atoms with E-state index in [0.29, 0.717) is 13.2 Å². The molecule has 0 aliphatic carbocycles. The van der Waals surface area contributed by atoms with Gasteiger partial charge in [-0.05, 0) is 6.42 Å². The van der Waals surface area contributed by atoms with E-state index in [9.17, 15) is 9.59 Å². The second-order valence-electron chi connectivity index (χ2n) is 4.90. The molecule has 0 amide bonds. The summed E-state index contributed by atoms with van der Waals surface area (Å²) in [7, 11) is 3.49. The number of hydrogen-bond acceptors (Lipinski definition) is 5. The average Bonchev–Trinajstić information content (AvgIpc) is 2.45. The van der Waals surface area contributed by atoms with Crippen molar-refractivity contribution in [3.8, 4) is 0 Å². The number of aromatic nitrogens is 2. The summed E-state index contributed by atoms with van der Waals surface area (Å²) in [6.45, 7) is 5.10. The van der Waals surface area contributed by atoms with E-state index in [2.05, 4.69) is 5.10 Å². The molecular weight excluding hydrogens is 258 g/mol. The lowest BCUT2D eigenvalue weighted by Crippen LogP contribution is -2.30. The van der Waals surface area contributed by atoms with Crippen LogP contribution in [-0.2, 0) is 16.1 Å². The fourth-order valence-electron chi connectivity index (χ4n) is 1.64. The zero-order valence-electron chi connectivity index (χ0n) is 12.6. The maximum absolute atomic E-state index is 12.0. The highest BCUT2D eigenvalue weighted by atomic mass is 16.5. The van der Waals surface area contributed by atoms with Crippen molar-refractivity contribution in [1.29, 1.82) is 0 Å². The van der Waals surface area contributed by atoms with Crippen LogP contribution in [0.2, 0.25) is 0 Å². The summed E-state index contributed by atoms with van der Waals surface area (Å²) in [6, 6.07) is 1.49. The first-order valence-corrected chi connectivity index (χ1v) is 6.79. The molecule has 0 fully saturated rings. The Balaban J connectivity index is 2.78. The Kier molecular flexibility index (Phi) is 6.38. The summed E-state index contributed by atoms with van der Waals surface area (Å²) in [5.74, 6) is -0.0182. The number of Topliss-reactive ketones (excluding diaryl/α,β-unsaturated/α-hetero) is 1. The molecule has 0 N–H and O–H groups in total. The molecule has 0 saturated carbocycles. The molecule has 0 aliphatic heterocycles. The van der Waals surface area contributed by atoms with Gasteiger partial charge in [0.1, 0.15) is 6.54 Å². The molecule has 0 spiro atoms. The third-order valence-corrected chi connectivity index (χ3v) is 3.39. The zero-order chi connectivity index (χ0) is 15.1. The van der Waals surface area contributed by atoms with E-state index in [1.165, 1.54) is 10.7 Å². The van der Waals surface area contributed by atoms with Crippen LogP contribution in [0.5, 0.6) is 0 Å². The fraction of sp³-hybridized carbons (Fsp3) is 0.643. The minimum atomic E-state index is -0.261. The highest BCUT2D eigenvalue weighted by Gasteiger charge is 2.13. The number of methoxy groups -OCH3 is 1. The average molecular weight is 281 g/mol. The van der Waals surface area contributed by atoms with E-state index in [0.717, 1.165) is 12.1 Å². The van der Waals surface area contributed by atoms with Crippen LogP contribution < -0.4 is 10.5 Å². The second kappa shape index (κ2) is 7.79. The van der Waals surface area contributed by atoms with Crippen LogP contribution >= 0.6 is 0 Å². The lowest BCUT2D eigenvalue weighted by atomic mass is 10.0. The first-order chi connectivity index (χ1) is 9.49. The van der Waals surface area contributed by atoms with Crippen molar-refractivity contribution in [3.05, 3.63) is 22.6 Å². The van der Waals surface area contributed by atoms with Gasteiger partial charge in [-0.15, -0.1) is 0 Å². The lowest BCUT2D eigenvalue weighted by Gasteiger charge is -2.18. The standard InChI is InChI=1S/C14H23N3O3/c1-5-11(2)13(18)10-17-14(19)8-12(9-15-17)16(3)6-7-20-4/h8-9,11H,5-7,10H2,1-4H3. The molecule has 0 aliphatic rings. The van der Waals surface area contributed by atoms with Crippen LogP contribution in [0.15, 0.2) is 17.1 Å². The molecule has 112 valence electrons. The molecule has 1 heterocycles. The quantitative estimate of drug-likeness (QED) is 0.709. The molecule has 20 heavy (non-hydrogen) atoms. The molecule has 0 bridgehead atoms. The summed E-state index contributed by atoms with van der Waals surface area (Å²) in [5.41, 5.74) is 0.461. The maximum atomic E-state index is 12.0. The molecule has 6 nitrogen and oxygen atoms in total. The van der Waals surface area contributed by atoms with Crippen molar-refractivity contribution in [2.75, 3.05) is 32.2 Å². The van der Waals surface area contributed by atoms with Gasteiger partial charge in [-0.25, -0.2) is 4.68 Å². The predicted octanol–water partition coefficient (Wildman–Crippen LogP) is 0.941. The van der Waals surface area contributed by atoms with Gasteiger partial charge in [0.25, 0.3) is 5.56 Å². The van der Waals surface area contributed by atoms with Gasteiger partial charge in [-0.2, -0.15) is 5.10 Å². The van der Waals surface area contributed by atoms with Crippen molar-refractivity contribution in [2.24, 2.45) is 5.92 Å². The number of carbonyl (C=O) groups excluding carboxylic acids is 1. The maximum Gasteiger partial charge on any atom is 0.269 e. The number of ketones is 1. The van der Waals surface area contributed by atoms with Crippen molar-refractivity contribution in [1.82, 2.24) is 9.78 Å². The summed E-state index contributed by atoms with van der Waals surface area (Å²) < 4.78 is 6.20. The Hall–Kier alpha value is -1.69. The van der Waals surface area contributed by atoms with E-state index in [1.807, 2.05) is 25.8 Å². The van der Waals surface area contributed by atoms with Gasteiger partial charge in [0.2, 0.25) is 0 Å². The SMILES string of the molecule is CCC(C)C(=O)Cn1ncc(N(C)CCOC)cc1=O. The van der Waals surface area contributed by atoms with E-state index in [4.69, 9.17) is 4.74 Å². The number of nitrogens with zero attached hydrogens (tertiary/aromatic N) is 3. The molecule has 1 unspecified atom stereocenters. The largest absolute Gasteiger partial charge is 0.383 e. The van der Waals surface area contributed by atoms with Gasteiger partial charge in [0.05, 0.1) is 18.5 Å². The number of ether oxygens (including phenoxy) is 1. The highest BCUT2D eigenvalue weighted by Crippen LogP contribution is 2.07. The predicted molar refractivity (Wildman–Crippen MR) is 78.1 cm³/mol. The van der Waals surface area contributed by atoms with Crippen LogP contribution in [0.1, 0.15) is 20.3 Å². The van der Waals surface area contributed by atoms with E-state index < -0.39 is 0 Å². The Bertz CT molecular complexity index is 499. The first kappa shape index (κ1) is 16.4. The molecule has 1 atom stereocenters. The van der Waals surface area contributed by atoms with Gasteiger partial charge in [-0.1, -0.05) is 13.8 Å². The highest BCUT2D eigenvalue weighted by molar-refractivity contribution is 5.80. The van der Waals surface area contributed by atoms with Crippen LogP contribution in [0, 0.1) is 5.92 Å². The number of likely N-dealkylation sites (N-methyl/N-ethyl adjacent to an activating group) is 1. The summed E-state index contributed by atoms with van der Waals surface area (Å²) in [6.07, 6.45) is 2.37. The molecular formula is C14H23N3O3. The van der Waals surface area contributed by atoms with Gasteiger partial charge < -0.3 is 9.64 Å². The molecule has 1 rings (SSSR count). The van der Waals surface area contributed by atoms with Crippen molar-refractivity contribution in [2.45, 2.75) is 26.8 Å². The Morgan fingerprint density at radius 1 is 1.55 bits per heavy atom. The molecule has 0 radical (unpaired) electrons. The van der Waals surface area contributed by atoms with E-state index in [-0.39, 0.29) is 23.8 Å². The van der Waals surface area contributed by atoms with Crippen molar-refractivity contribution >= 4 is 11.5 Å². The van der Waals surface area contributed by atoms with E-state index in [1.54, 1.807) is 13.3 Å². The lowest BCUT2D eigenvalue weighted by molar-refractivity contribution is -0.123. The molecule has 1 aromatic rings. The fourth-order valence-corrected chi connectivity index (χ4v) is 1.64. The first-order valence-electron chi connectivity index (χ1n) is 6.79. The Morgan fingerprint density at radius 2 is 2.25 bits per heavy atom. The van der Waals surface area contributed by atoms with Crippen LogP contribution in [0.4, 0.5) is 5.69 Å². The summed E-state index contributed by atoms with van der Waals surface area (Å²) in [5, 5.41) is 4.06. The van der Waals surface area contributed by atoms with Gasteiger partial charge in [0.15, 0.2) is 5.78 Å². The Labute approximate surface area is 119 Å². The van der Waals surface area contributed by atoms with Crippen LogP contribution in [0.3, 0.4) is 0 Å². The van der Waals surface area contributed by atoms with Crippen LogP contribution in [-0.4, -0.2) is 42.9 Å². The minimum Gasteiger partial charge on any atom is -0.383 e. The van der Waals surface area contributed by atoms with Gasteiger partial charge in [0, 0.05) is 32.7 Å². The van der Waals surface area contributed by atoms with Gasteiger partial charge >= 0.3 is 0 Å². The summed E-state index contributed by atoms with van der Waals surface area (Å²) >= 11 is 0. The number of carbonyl (C=O) groups is 1. The Morgan fingerprint density at radius 3 is 2.80 bits per heavy atom. The number of hydrogen-bond donors (Lipinski definition) is 0. The molecule has 1 aromatic heterocycles. The van der Waals surface area contributed by atoms with Gasteiger partial charge in [-0.3, -0.25) is 9.59 Å². The molecule has 0 aromatic carbocycles. The summed E-state index contributed by atoms with van der Waals surface area (Å²) in [4.78, 5) is 25.7. The van der Waals surface area contributed by atoms with Crippen molar-refractivity contribution < 1.29 is 9.53 Å². The smallest absolute Gasteiger partial charge is 0.269 e. The zero-order valence-corrected chi connectivity index (χ0v) is 12.6. The number of rotatable bonds is 8. The van der Waals surface area contributed by atoms with E-state index >= 15 is 0 Å². The second-order valence-corrected chi connectivity index (χ2v) is 4.90. The molecule has 6 heteroatoms. The normalized spacial score (nSPS) is 12.2. The monoisotopic (exact) mass is 281 g/mol. The number of anilines is 1. The topological polar surface area (TPSA) is 64.4 Å². The molecule has 0 saturated heterocycles.